The molecule has 1 aromatic heterocycles. The van der Waals surface area contributed by atoms with Crippen LogP contribution in [0.2, 0.25) is 10.2 Å². The minimum Gasteiger partial charge on any atom is -0.469 e. The third kappa shape index (κ3) is 4.09. The molecular formula is C9H10Cl2N2O4S. The summed E-state index contributed by atoms with van der Waals surface area (Å²) in [5.41, 5.74) is 0. The summed E-state index contributed by atoms with van der Waals surface area (Å²) in [4.78, 5) is 14.3. The van der Waals surface area contributed by atoms with Crippen LogP contribution in [0.1, 0.15) is 6.42 Å². The van der Waals surface area contributed by atoms with Gasteiger partial charge in [0.2, 0.25) is 10.0 Å². The first-order chi connectivity index (χ1) is 8.36. The number of pyridine rings is 1. The predicted octanol–water partition coefficient (Wildman–Crippen LogP) is 1.23. The Morgan fingerprint density at radius 3 is 2.72 bits per heavy atom. The van der Waals surface area contributed by atoms with Crippen LogP contribution in [-0.2, 0) is 19.6 Å². The smallest absolute Gasteiger partial charge is 0.306 e. The number of methoxy groups -OCH3 is 1. The second-order valence-corrected chi connectivity index (χ2v) is 5.70. The monoisotopic (exact) mass is 312 g/mol. The van der Waals surface area contributed by atoms with Crippen LogP contribution in [-0.4, -0.2) is 33.0 Å². The van der Waals surface area contributed by atoms with E-state index in [2.05, 4.69) is 14.4 Å². The van der Waals surface area contributed by atoms with E-state index in [0.29, 0.717) is 0 Å². The quantitative estimate of drug-likeness (QED) is 0.653. The van der Waals surface area contributed by atoms with Crippen LogP contribution in [0, 0.1) is 0 Å². The van der Waals surface area contributed by atoms with Crippen molar-refractivity contribution in [2.24, 2.45) is 0 Å². The summed E-state index contributed by atoms with van der Waals surface area (Å²) in [5.74, 6) is -0.509. The van der Waals surface area contributed by atoms with Gasteiger partial charge >= 0.3 is 5.97 Å². The van der Waals surface area contributed by atoms with Crippen LogP contribution in [0.4, 0.5) is 0 Å². The second-order valence-electron chi connectivity index (χ2n) is 3.17. The number of hydrogen-bond acceptors (Lipinski definition) is 5. The zero-order valence-corrected chi connectivity index (χ0v) is 11.6. The maximum absolute atomic E-state index is 11.8. The highest BCUT2D eigenvalue weighted by Gasteiger charge is 2.16. The van der Waals surface area contributed by atoms with Crippen molar-refractivity contribution in [3.05, 3.63) is 22.4 Å². The van der Waals surface area contributed by atoms with Gasteiger partial charge in [0.25, 0.3) is 0 Å². The molecule has 0 bridgehead atoms. The van der Waals surface area contributed by atoms with Crippen molar-refractivity contribution in [3.8, 4) is 0 Å². The van der Waals surface area contributed by atoms with Gasteiger partial charge in [-0.2, -0.15) is 0 Å². The Morgan fingerprint density at radius 2 is 2.17 bits per heavy atom. The molecule has 0 aromatic carbocycles. The average Bonchev–Trinajstić information content (AvgIpc) is 2.32. The molecular weight excluding hydrogens is 303 g/mol. The second kappa shape index (κ2) is 6.33. The van der Waals surface area contributed by atoms with Crippen molar-refractivity contribution >= 4 is 39.2 Å². The van der Waals surface area contributed by atoms with Gasteiger partial charge in [-0.25, -0.2) is 18.1 Å². The van der Waals surface area contributed by atoms with E-state index in [4.69, 9.17) is 23.2 Å². The maximum atomic E-state index is 11.8. The lowest BCUT2D eigenvalue weighted by molar-refractivity contribution is -0.140. The molecule has 0 unspecified atom stereocenters. The minimum atomic E-state index is -3.77. The van der Waals surface area contributed by atoms with Crippen LogP contribution in [0.3, 0.4) is 0 Å². The van der Waals surface area contributed by atoms with Gasteiger partial charge in [0, 0.05) is 12.7 Å². The van der Waals surface area contributed by atoms with Gasteiger partial charge in [-0.05, 0) is 6.07 Å². The van der Waals surface area contributed by atoms with Crippen LogP contribution in [0.15, 0.2) is 17.2 Å². The predicted molar refractivity (Wildman–Crippen MR) is 66.1 cm³/mol. The highest BCUT2D eigenvalue weighted by atomic mass is 35.5. The molecule has 0 fully saturated rings. The van der Waals surface area contributed by atoms with Gasteiger partial charge in [0.05, 0.1) is 18.6 Å². The third-order valence-electron chi connectivity index (χ3n) is 1.93. The molecule has 0 aliphatic heterocycles. The fraction of sp³-hybridized carbons (Fsp3) is 0.333. The topological polar surface area (TPSA) is 85.4 Å². The van der Waals surface area contributed by atoms with Crippen molar-refractivity contribution in [1.82, 2.24) is 9.71 Å². The Morgan fingerprint density at radius 1 is 1.50 bits per heavy atom. The minimum absolute atomic E-state index is 0.0187. The number of rotatable bonds is 5. The SMILES string of the molecule is COC(=O)CCNS(=O)(=O)c1cnc(Cl)c(Cl)c1. The molecule has 1 aromatic rings. The number of nitrogens with one attached hydrogen (secondary N) is 1. The summed E-state index contributed by atoms with van der Waals surface area (Å²) in [7, 11) is -2.54. The van der Waals surface area contributed by atoms with E-state index >= 15 is 0 Å². The number of halogens is 2. The lowest BCUT2D eigenvalue weighted by atomic mass is 10.4. The summed E-state index contributed by atoms with van der Waals surface area (Å²) in [5, 5.41) is 0.0534. The molecule has 6 nitrogen and oxygen atoms in total. The van der Waals surface area contributed by atoms with E-state index in [-0.39, 0.29) is 28.0 Å². The molecule has 1 N–H and O–H groups in total. The lowest BCUT2D eigenvalue weighted by Gasteiger charge is -2.06. The molecule has 0 aliphatic rings. The first kappa shape index (κ1) is 15.2. The normalized spacial score (nSPS) is 11.3. The Labute approximate surface area is 114 Å². The van der Waals surface area contributed by atoms with Gasteiger partial charge in [-0.1, -0.05) is 23.2 Å². The fourth-order valence-electron chi connectivity index (χ4n) is 1.02. The summed E-state index contributed by atoms with van der Waals surface area (Å²) in [6, 6.07) is 1.18. The van der Waals surface area contributed by atoms with Crippen molar-refractivity contribution in [3.63, 3.8) is 0 Å². The molecule has 0 radical (unpaired) electrons. The number of sulfonamides is 1. The fourth-order valence-corrected chi connectivity index (χ4v) is 2.36. The van der Waals surface area contributed by atoms with Crippen LogP contribution in [0.25, 0.3) is 0 Å². The zero-order chi connectivity index (χ0) is 13.8. The number of hydrogen-bond donors (Lipinski definition) is 1. The molecule has 0 amide bonds. The van der Waals surface area contributed by atoms with Crippen molar-refractivity contribution in [2.75, 3.05) is 13.7 Å². The average molecular weight is 313 g/mol. The van der Waals surface area contributed by atoms with E-state index in [1.165, 1.54) is 13.2 Å². The molecule has 100 valence electrons. The Balaban J connectivity index is 2.74. The largest absolute Gasteiger partial charge is 0.469 e. The van der Waals surface area contributed by atoms with Crippen LogP contribution in [0.5, 0.6) is 0 Å². The molecule has 0 atom stereocenters. The number of esters is 1. The van der Waals surface area contributed by atoms with E-state index in [1.54, 1.807) is 0 Å². The van der Waals surface area contributed by atoms with Crippen LogP contribution >= 0.6 is 23.2 Å². The lowest BCUT2D eigenvalue weighted by Crippen LogP contribution is -2.26. The highest BCUT2D eigenvalue weighted by molar-refractivity contribution is 7.89. The van der Waals surface area contributed by atoms with Gasteiger partial charge in [0.1, 0.15) is 10.0 Å². The summed E-state index contributed by atoms with van der Waals surface area (Å²) in [6.45, 7) is -0.0742. The zero-order valence-electron chi connectivity index (χ0n) is 9.31. The summed E-state index contributed by atoms with van der Waals surface area (Å²) in [6.07, 6.45) is 1.01. The Kier molecular flexibility index (Phi) is 5.33. The van der Waals surface area contributed by atoms with Crippen molar-refractivity contribution in [2.45, 2.75) is 11.3 Å². The number of aromatic nitrogens is 1. The first-order valence-corrected chi connectivity index (χ1v) is 6.98. The number of carbonyl (C=O) groups is 1. The number of nitrogens with zero attached hydrogens (tertiary/aromatic N) is 1. The van der Waals surface area contributed by atoms with E-state index in [1.807, 2.05) is 0 Å². The van der Waals surface area contributed by atoms with Crippen molar-refractivity contribution in [1.29, 1.82) is 0 Å². The standard InChI is InChI=1S/C9H10Cl2N2O4S/c1-17-8(14)2-3-13-18(15,16)6-4-7(10)9(11)12-5-6/h4-5,13H,2-3H2,1H3. The van der Waals surface area contributed by atoms with Gasteiger partial charge < -0.3 is 4.74 Å². The molecule has 0 spiro atoms. The van der Waals surface area contributed by atoms with E-state index in [9.17, 15) is 13.2 Å². The maximum Gasteiger partial charge on any atom is 0.306 e. The highest BCUT2D eigenvalue weighted by Crippen LogP contribution is 2.21. The number of carbonyl (C=O) groups excluding carboxylic acids is 1. The number of ether oxygens (including phenoxy) is 1. The summed E-state index contributed by atoms with van der Waals surface area (Å²) >= 11 is 11.2. The van der Waals surface area contributed by atoms with Crippen LogP contribution < -0.4 is 4.72 Å². The van der Waals surface area contributed by atoms with E-state index < -0.39 is 16.0 Å². The molecule has 1 heterocycles. The molecule has 0 saturated carbocycles. The molecule has 0 saturated heterocycles. The van der Waals surface area contributed by atoms with E-state index in [0.717, 1.165) is 6.20 Å². The molecule has 18 heavy (non-hydrogen) atoms. The Hall–Kier alpha value is -0.890. The summed E-state index contributed by atoms with van der Waals surface area (Å²) < 4.78 is 30.1. The Bertz CT molecular complexity index is 547. The van der Waals surface area contributed by atoms with Gasteiger partial charge in [0.15, 0.2) is 0 Å². The van der Waals surface area contributed by atoms with Gasteiger partial charge in [-0.15, -0.1) is 0 Å². The molecule has 9 heteroatoms. The van der Waals surface area contributed by atoms with Gasteiger partial charge in [-0.3, -0.25) is 4.79 Å². The first-order valence-electron chi connectivity index (χ1n) is 4.74. The van der Waals surface area contributed by atoms with Crippen molar-refractivity contribution < 1.29 is 17.9 Å². The molecule has 1 rings (SSSR count). The third-order valence-corrected chi connectivity index (χ3v) is 4.04. The molecule has 0 aliphatic carbocycles.